The first-order valence-electron chi connectivity index (χ1n) is 7.50. The number of carbonyl (C=O) groups is 1. The van der Waals surface area contributed by atoms with Crippen molar-refractivity contribution in [2.75, 3.05) is 6.54 Å². The molecule has 2 rings (SSSR count). The summed E-state index contributed by atoms with van der Waals surface area (Å²) in [6, 6.07) is 0. The third kappa shape index (κ3) is 3.82. The van der Waals surface area contributed by atoms with E-state index < -0.39 is 0 Å². The lowest BCUT2D eigenvalue weighted by atomic mass is 9.98. The topological polar surface area (TPSA) is 81.1 Å². The molecule has 1 amide bonds. The molecule has 0 atom stereocenters. The third-order valence-electron chi connectivity index (χ3n) is 3.92. The van der Waals surface area contributed by atoms with Crippen molar-refractivity contribution in [2.24, 2.45) is 5.73 Å². The van der Waals surface area contributed by atoms with Crippen molar-refractivity contribution in [2.45, 2.75) is 63.8 Å². The number of nitrogens with one attached hydrogen (secondary N) is 1. The van der Waals surface area contributed by atoms with Gasteiger partial charge in [0.2, 0.25) is 0 Å². The Kier molecular flexibility index (Phi) is 4.81. The third-order valence-corrected chi connectivity index (χ3v) is 3.92. The Morgan fingerprint density at radius 1 is 1.50 bits per heavy atom. The van der Waals surface area contributed by atoms with Crippen molar-refractivity contribution in [3.8, 4) is 0 Å². The van der Waals surface area contributed by atoms with Gasteiger partial charge in [-0.05, 0) is 46.1 Å². The summed E-state index contributed by atoms with van der Waals surface area (Å²) in [6.07, 6.45) is 7.89. The van der Waals surface area contributed by atoms with Crippen LogP contribution in [0, 0.1) is 0 Å². The van der Waals surface area contributed by atoms with E-state index in [1.165, 1.54) is 19.1 Å². The lowest BCUT2D eigenvalue weighted by molar-refractivity contribution is 0.0903. The van der Waals surface area contributed by atoms with Crippen molar-refractivity contribution < 1.29 is 9.21 Å². The smallest absolute Gasteiger partial charge is 0.273 e. The van der Waals surface area contributed by atoms with E-state index >= 15 is 0 Å². The molecule has 0 saturated heterocycles. The fourth-order valence-corrected chi connectivity index (χ4v) is 2.73. The first kappa shape index (κ1) is 15.0. The number of carbonyl (C=O) groups excluding carboxylic acids is 1. The van der Waals surface area contributed by atoms with Crippen LogP contribution in [0.5, 0.6) is 0 Å². The van der Waals surface area contributed by atoms with Crippen LogP contribution in [-0.4, -0.2) is 23.0 Å². The van der Waals surface area contributed by atoms with E-state index in [1.807, 2.05) is 13.8 Å². The molecule has 1 aromatic rings. The van der Waals surface area contributed by atoms with Crippen molar-refractivity contribution in [1.29, 1.82) is 0 Å². The Bertz CT molecular complexity index is 448. The van der Waals surface area contributed by atoms with Crippen LogP contribution < -0.4 is 11.1 Å². The van der Waals surface area contributed by atoms with Crippen molar-refractivity contribution in [3.05, 3.63) is 17.8 Å². The predicted molar refractivity (Wildman–Crippen MR) is 77.5 cm³/mol. The molecule has 0 aromatic carbocycles. The first-order chi connectivity index (χ1) is 9.52. The summed E-state index contributed by atoms with van der Waals surface area (Å²) in [5, 5.41) is 2.99. The normalized spacial score (nSPS) is 16.6. The molecule has 0 bridgehead atoms. The van der Waals surface area contributed by atoms with Gasteiger partial charge in [0.05, 0.1) is 0 Å². The maximum atomic E-state index is 12.2. The zero-order chi connectivity index (χ0) is 14.6. The molecule has 5 nitrogen and oxygen atoms in total. The van der Waals surface area contributed by atoms with Crippen molar-refractivity contribution in [1.82, 2.24) is 10.3 Å². The summed E-state index contributed by atoms with van der Waals surface area (Å²) in [6.45, 7) is 4.63. The van der Waals surface area contributed by atoms with E-state index in [0.29, 0.717) is 24.0 Å². The highest BCUT2D eigenvalue weighted by Gasteiger charge is 2.25. The van der Waals surface area contributed by atoms with Gasteiger partial charge < -0.3 is 15.5 Å². The van der Waals surface area contributed by atoms with Gasteiger partial charge in [-0.25, -0.2) is 4.98 Å². The molecule has 0 aliphatic heterocycles. The highest BCUT2D eigenvalue weighted by atomic mass is 16.3. The monoisotopic (exact) mass is 279 g/mol. The van der Waals surface area contributed by atoms with E-state index in [4.69, 9.17) is 10.2 Å². The minimum Gasteiger partial charge on any atom is -0.448 e. The SMILES string of the molecule is CC(C)(CCCN)NC(=O)c1coc(C2CCCC2)n1. The number of amides is 1. The Morgan fingerprint density at radius 3 is 2.85 bits per heavy atom. The Balaban J connectivity index is 1.95. The van der Waals surface area contributed by atoms with Crippen LogP contribution >= 0.6 is 0 Å². The number of hydrogen-bond acceptors (Lipinski definition) is 4. The second-order valence-electron chi connectivity index (χ2n) is 6.28. The van der Waals surface area contributed by atoms with Crippen LogP contribution in [0.4, 0.5) is 0 Å². The number of oxazole rings is 1. The molecule has 1 aromatic heterocycles. The zero-order valence-electron chi connectivity index (χ0n) is 12.4. The lowest BCUT2D eigenvalue weighted by Crippen LogP contribution is -2.43. The highest BCUT2D eigenvalue weighted by molar-refractivity contribution is 5.92. The summed E-state index contributed by atoms with van der Waals surface area (Å²) in [4.78, 5) is 16.5. The lowest BCUT2D eigenvalue weighted by Gasteiger charge is -2.25. The molecular weight excluding hydrogens is 254 g/mol. The predicted octanol–water partition coefficient (Wildman–Crippen LogP) is 2.58. The Morgan fingerprint density at radius 2 is 2.20 bits per heavy atom. The minimum absolute atomic E-state index is 0.167. The molecular formula is C15H25N3O2. The molecule has 0 unspecified atom stereocenters. The molecule has 0 radical (unpaired) electrons. The van der Waals surface area contributed by atoms with Crippen LogP contribution in [0.1, 0.15) is 74.7 Å². The van der Waals surface area contributed by atoms with Crippen molar-refractivity contribution >= 4 is 5.91 Å². The average Bonchev–Trinajstić information content (AvgIpc) is 3.05. The van der Waals surface area contributed by atoms with E-state index in [1.54, 1.807) is 0 Å². The van der Waals surface area contributed by atoms with Crippen LogP contribution in [0.15, 0.2) is 10.7 Å². The molecule has 20 heavy (non-hydrogen) atoms. The number of aromatic nitrogens is 1. The Labute approximate surface area is 120 Å². The van der Waals surface area contributed by atoms with E-state index in [-0.39, 0.29) is 11.4 Å². The van der Waals surface area contributed by atoms with Crippen LogP contribution in [-0.2, 0) is 0 Å². The molecule has 3 N–H and O–H groups in total. The molecule has 1 heterocycles. The number of rotatable bonds is 6. The molecule has 112 valence electrons. The van der Waals surface area contributed by atoms with E-state index in [9.17, 15) is 4.79 Å². The molecule has 0 spiro atoms. The highest BCUT2D eigenvalue weighted by Crippen LogP contribution is 2.33. The van der Waals surface area contributed by atoms with Gasteiger partial charge in [0.15, 0.2) is 11.6 Å². The van der Waals surface area contributed by atoms with Crippen LogP contribution in [0.2, 0.25) is 0 Å². The standard InChI is InChI=1S/C15H25N3O2/c1-15(2,8-5-9-16)18-13(19)12-10-20-14(17-12)11-6-3-4-7-11/h10-11H,3-9,16H2,1-2H3,(H,18,19). The van der Waals surface area contributed by atoms with Gasteiger partial charge in [0, 0.05) is 11.5 Å². The van der Waals surface area contributed by atoms with Gasteiger partial charge in [-0.2, -0.15) is 0 Å². The molecule has 1 aliphatic rings. The Hall–Kier alpha value is -1.36. The maximum absolute atomic E-state index is 12.2. The number of nitrogens with zero attached hydrogens (tertiary/aromatic N) is 1. The van der Waals surface area contributed by atoms with E-state index in [2.05, 4.69) is 10.3 Å². The molecule has 1 saturated carbocycles. The van der Waals surface area contributed by atoms with Crippen LogP contribution in [0.25, 0.3) is 0 Å². The van der Waals surface area contributed by atoms with Gasteiger partial charge in [-0.1, -0.05) is 12.8 Å². The summed E-state index contributed by atoms with van der Waals surface area (Å²) < 4.78 is 5.47. The maximum Gasteiger partial charge on any atom is 0.273 e. The average molecular weight is 279 g/mol. The fraction of sp³-hybridized carbons (Fsp3) is 0.733. The number of hydrogen-bond donors (Lipinski definition) is 2. The second kappa shape index (κ2) is 6.39. The van der Waals surface area contributed by atoms with Gasteiger partial charge in [-0.15, -0.1) is 0 Å². The first-order valence-corrected chi connectivity index (χ1v) is 7.50. The number of nitrogens with two attached hydrogens (primary N) is 1. The quantitative estimate of drug-likeness (QED) is 0.838. The minimum atomic E-state index is -0.275. The van der Waals surface area contributed by atoms with Crippen molar-refractivity contribution in [3.63, 3.8) is 0 Å². The summed E-state index contributed by atoms with van der Waals surface area (Å²) in [5.41, 5.74) is 5.62. The van der Waals surface area contributed by atoms with Gasteiger partial charge in [-0.3, -0.25) is 4.79 Å². The van der Waals surface area contributed by atoms with E-state index in [0.717, 1.165) is 25.7 Å². The van der Waals surface area contributed by atoms with Crippen LogP contribution in [0.3, 0.4) is 0 Å². The molecule has 5 heteroatoms. The molecule has 1 aliphatic carbocycles. The van der Waals surface area contributed by atoms with Gasteiger partial charge >= 0.3 is 0 Å². The summed E-state index contributed by atoms with van der Waals surface area (Å²) in [7, 11) is 0. The molecule has 1 fully saturated rings. The van der Waals surface area contributed by atoms with Gasteiger partial charge in [0.1, 0.15) is 6.26 Å². The van der Waals surface area contributed by atoms with Gasteiger partial charge in [0.25, 0.3) is 5.91 Å². The summed E-state index contributed by atoms with van der Waals surface area (Å²) in [5.74, 6) is 0.939. The fourth-order valence-electron chi connectivity index (χ4n) is 2.73. The zero-order valence-corrected chi connectivity index (χ0v) is 12.4. The second-order valence-corrected chi connectivity index (χ2v) is 6.28. The largest absolute Gasteiger partial charge is 0.448 e. The summed E-state index contributed by atoms with van der Waals surface area (Å²) >= 11 is 0.